The molecule has 11 atom stereocenters. The topological polar surface area (TPSA) is 243 Å². The number of carbonyl (C=O) groups is 8. The van der Waals surface area contributed by atoms with Gasteiger partial charge in [0.1, 0.15) is 24.4 Å². The lowest BCUT2D eigenvalue weighted by atomic mass is 9.51. The average Bonchev–Trinajstić information content (AvgIpc) is 3.88. The van der Waals surface area contributed by atoms with Gasteiger partial charge < -0.3 is 47.7 Å². The van der Waals surface area contributed by atoms with Gasteiger partial charge in [-0.3, -0.25) is 33.6 Å². The lowest BCUT2D eigenvalue weighted by molar-refractivity contribution is -0.279. The fraction of sp³-hybridized carbons (Fsp3) is 0.721. The first-order valence-electron chi connectivity index (χ1n) is 20.5. The number of fused-ring (bicyclic) bond motifs is 3. The molecular formula is C43H60O18. The monoisotopic (exact) mass is 864 g/mol. The van der Waals surface area contributed by atoms with Crippen molar-refractivity contribution < 1.29 is 86.1 Å². The van der Waals surface area contributed by atoms with Crippen LogP contribution in [0.2, 0.25) is 0 Å². The predicted molar refractivity (Wildman–Crippen MR) is 208 cm³/mol. The van der Waals surface area contributed by atoms with Crippen LogP contribution >= 0.6 is 0 Å². The zero-order valence-electron chi connectivity index (χ0n) is 36.7. The minimum Gasteiger partial charge on any atom is -0.461 e. The highest BCUT2D eigenvalue weighted by Gasteiger charge is 2.81. The molecule has 4 rings (SSSR count). The zero-order valence-corrected chi connectivity index (χ0v) is 36.7. The van der Waals surface area contributed by atoms with Crippen molar-refractivity contribution in [1.82, 2.24) is 0 Å². The molecule has 3 fully saturated rings. The van der Waals surface area contributed by atoms with E-state index in [1.54, 1.807) is 27.7 Å². The molecule has 0 bridgehead atoms. The van der Waals surface area contributed by atoms with Gasteiger partial charge in [0.2, 0.25) is 0 Å². The molecule has 2 saturated heterocycles. The zero-order chi connectivity index (χ0) is 45.8. The molecule has 340 valence electrons. The second kappa shape index (κ2) is 19.5. The molecule has 61 heavy (non-hydrogen) atoms. The molecule has 18 nitrogen and oxygen atoms in total. The summed E-state index contributed by atoms with van der Waals surface area (Å²) in [5.41, 5.74) is -6.33. The van der Waals surface area contributed by atoms with E-state index in [4.69, 9.17) is 42.6 Å². The van der Waals surface area contributed by atoms with E-state index in [1.165, 1.54) is 32.1 Å². The Kier molecular flexibility index (Phi) is 15.6. The van der Waals surface area contributed by atoms with Crippen molar-refractivity contribution in [2.24, 2.45) is 35.0 Å². The summed E-state index contributed by atoms with van der Waals surface area (Å²) in [5, 5.41) is 13.1. The first kappa shape index (κ1) is 48.8. The molecule has 0 unspecified atom stereocenters. The first-order valence-corrected chi connectivity index (χ1v) is 20.5. The number of aliphatic hydroxyl groups is 1. The van der Waals surface area contributed by atoms with Gasteiger partial charge in [0, 0.05) is 46.0 Å². The van der Waals surface area contributed by atoms with Crippen LogP contribution in [-0.2, 0) is 81.0 Å². The van der Waals surface area contributed by atoms with Crippen LogP contribution in [0.4, 0.5) is 0 Å². The molecule has 1 spiro atoms. The molecule has 18 heteroatoms. The Morgan fingerprint density at radius 3 is 1.79 bits per heavy atom. The van der Waals surface area contributed by atoms with Gasteiger partial charge in [-0.05, 0) is 42.4 Å². The molecule has 2 aliphatic carbocycles. The minimum absolute atomic E-state index is 0.0156. The Balaban J connectivity index is 2.10. The molecule has 1 saturated carbocycles. The Morgan fingerprint density at radius 2 is 1.26 bits per heavy atom. The third-order valence-corrected chi connectivity index (χ3v) is 11.2. The smallest absolute Gasteiger partial charge is 0.344 e. The molecule has 1 N–H and O–H groups in total. The fourth-order valence-corrected chi connectivity index (χ4v) is 8.53. The van der Waals surface area contributed by atoms with E-state index in [9.17, 15) is 43.5 Å². The molecule has 2 aliphatic heterocycles. The quantitative estimate of drug-likeness (QED) is 0.141. The number of hydrogen-bond donors (Lipinski definition) is 1. The van der Waals surface area contributed by atoms with Crippen molar-refractivity contribution >= 4 is 47.8 Å². The van der Waals surface area contributed by atoms with Gasteiger partial charge >= 0.3 is 47.8 Å². The van der Waals surface area contributed by atoms with Crippen LogP contribution in [0.5, 0.6) is 0 Å². The summed E-state index contributed by atoms with van der Waals surface area (Å²) in [6.45, 7) is 15.0. The van der Waals surface area contributed by atoms with Crippen LogP contribution in [0.15, 0.2) is 23.8 Å². The molecule has 0 aromatic carbocycles. The molecule has 4 aliphatic rings. The Labute approximate surface area is 355 Å². The largest absolute Gasteiger partial charge is 0.461 e. The van der Waals surface area contributed by atoms with Gasteiger partial charge in [-0.1, -0.05) is 54.5 Å². The van der Waals surface area contributed by atoms with Crippen molar-refractivity contribution in [3.05, 3.63) is 23.8 Å². The summed E-state index contributed by atoms with van der Waals surface area (Å²) in [6, 6.07) is 0. The maximum Gasteiger partial charge on any atom is 0.344 e. The van der Waals surface area contributed by atoms with E-state index in [0.717, 1.165) is 20.8 Å². The van der Waals surface area contributed by atoms with Gasteiger partial charge in [-0.25, -0.2) is 4.79 Å². The third kappa shape index (κ3) is 11.0. The summed E-state index contributed by atoms with van der Waals surface area (Å²) < 4.78 is 52.9. The van der Waals surface area contributed by atoms with Crippen LogP contribution in [0, 0.1) is 35.0 Å². The lowest BCUT2D eigenvalue weighted by Crippen LogP contribution is -2.76. The molecule has 0 aromatic rings. The number of hydrogen-bond acceptors (Lipinski definition) is 18. The Morgan fingerprint density at radius 1 is 0.738 bits per heavy atom. The summed E-state index contributed by atoms with van der Waals surface area (Å²) >= 11 is 0. The van der Waals surface area contributed by atoms with Crippen LogP contribution in [0.25, 0.3) is 0 Å². The van der Waals surface area contributed by atoms with Crippen LogP contribution < -0.4 is 0 Å². The van der Waals surface area contributed by atoms with Crippen molar-refractivity contribution in [3.63, 3.8) is 0 Å². The number of rotatable bonds is 15. The summed E-state index contributed by atoms with van der Waals surface area (Å²) in [5.74, 6) is -10.3. The number of esters is 8. The fourth-order valence-electron chi connectivity index (χ4n) is 8.53. The first-order chi connectivity index (χ1) is 28.4. The highest BCUT2D eigenvalue weighted by Crippen LogP contribution is 2.63. The van der Waals surface area contributed by atoms with Crippen LogP contribution in [0.1, 0.15) is 95.4 Å². The second-order valence-electron chi connectivity index (χ2n) is 17.7. The van der Waals surface area contributed by atoms with E-state index in [0.29, 0.717) is 0 Å². The normalized spacial score (nSPS) is 34.1. The van der Waals surface area contributed by atoms with E-state index in [2.05, 4.69) is 0 Å². The standard InChI is InChI=1S/C43H60O18/c1-21(2)14-31(47)53-18-28-12-13-29(59-34(50)19-54-32(48)15-22(3)4)41(11)36(39(58-27(10)46)43(52)24(7)40(51)60-30(43)17-28)42(20-55-42)38(61-33(49)16-23(5)6)35(56-25(8)44)37(41)57-26(9)45/h12-13,17,21-24,29-30,35-39,52H,14-16,18-20H2,1-11H3/b13-12-,28-17+/t24-,29+,30-,35+,36+,37-,38+,39-,41+,42-,43-/m0/s1. The SMILES string of the molecule is CC(=O)O[C@H]1[C@@H](OC(=O)CC(C)C)[C@]2(CO2)[C@@H]2[C@H](OC(C)=O)[C@@]3(O)[C@H](/C=C(COC(=O)CC(C)C)\C=C/[C@@H](OC(=O)COC(=O)CC(C)C)[C@@]2(C)[C@H]1OC(C)=O)OC(=O)[C@@H]3C. The van der Waals surface area contributed by atoms with Gasteiger partial charge in [0.05, 0.1) is 17.9 Å². The molecule has 2 heterocycles. The van der Waals surface area contributed by atoms with Gasteiger partial charge in [-0.15, -0.1) is 0 Å². The number of epoxide rings is 1. The number of carbonyl (C=O) groups excluding carboxylic acids is 8. The minimum atomic E-state index is -2.52. The van der Waals surface area contributed by atoms with Crippen LogP contribution in [-0.4, -0.2) is 121 Å². The molecule has 0 aromatic heterocycles. The van der Waals surface area contributed by atoms with E-state index < -0.39 is 126 Å². The highest BCUT2D eigenvalue weighted by molar-refractivity contribution is 5.79. The van der Waals surface area contributed by atoms with E-state index in [1.807, 2.05) is 13.8 Å². The maximum atomic E-state index is 13.8. The van der Waals surface area contributed by atoms with Gasteiger partial charge in [0.15, 0.2) is 36.6 Å². The molecule has 0 amide bonds. The predicted octanol–water partition coefficient (Wildman–Crippen LogP) is 3.02. The van der Waals surface area contributed by atoms with E-state index in [-0.39, 0.29) is 49.2 Å². The van der Waals surface area contributed by atoms with Gasteiger partial charge in [-0.2, -0.15) is 0 Å². The van der Waals surface area contributed by atoms with Crippen molar-refractivity contribution in [3.8, 4) is 0 Å². The molecular weight excluding hydrogens is 804 g/mol. The lowest BCUT2D eigenvalue weighted by Gasteiger charge is -2.59. The van der Waals surface area contributed by atoms with Crippen molar-refractivity contribution in [1.29, 1.82) is 0 Å². The average molecular weight is 865 g/mol. The van der Waals surface area contributed by atoms with Crippen molar-refractivity contribution in [2.45, 2.75) is 143 Å². The maximum absolute atomic E-state index is 13.8. The summed E-state index contributed by atoms with van der Waals surface area (Å²) in [4.78, 5) is 106. The second-order valence-corrected chi connectivity index (χ2v) is 17.7. The summed E-state index contributed by atoms with van der Waals surface area (Å²) in [7, 11) is 0. The highest BCUT2D eigenvalue weighted by atomic mass is 16.7. The summed E-state index contributed by atoms with van der Waals surface area (Å²) in [6.07, 6.45) is -6.36. The van der Waals surface area contributed by atoms with Crippen LogP contribution in [0.3, 0.4) is 0 Å². The van der Waals surface area contributed by atoms with E-state index >= 15 is 0 Å². The third-order valence-electron chi connectivity index (χ3n) is 11.2. The Hall–Kier alpha value is -4.84. The van der Waals surface area contributed by atoms with Gasteiger partial charge in [0.25, 0.3) is 0 Å². The Bertz CT molecular complexity index is 1770. The number of ether oxygens (including phenoxy) is 9. The molecule has 0 radical (unpaired) electrons. The van der Waals surface area contributed by atoms with Crippen molar-refractivity contribution in [2.75, 3.05) is 19.8 Å².